The number of phenols is 1. The molecule has 0 unspecified atom stereocenters. The van der Waals surface area contributed by atoms with Crippen LogP contribution in [0, 0.1) is 6.92 Å². The summed E-state index contributed by atoms with van der Waals surface area (Å²) in [5.41, 5.74) is 1.25. The molecule has 3 rings (SSSR count). The highest BCUT2D eigenvalue weighted by Gasteiger charge is 2.14. The van der Waals surface area contributed by atoms with Crippen LogP contribution in [0.4, 0.5) is 0 Å². The van der Waals surface area contributed by atoms with E-state index in [-0.39, 0.29) is 11.3 Å². The summed E-state index contributed by atoms with van der Waals surface area (Å²) in [7, 11) is 0. The number of benzene rings is 3. The van der Waals surface area contributed by atoms with E-state index in [1.54, 1.807) is 24.3 Å². The minimum absolute atomic E-state index is 0.0780. The predicted molar refractivity (Wildman–Crippen MR) is 81.8 cm³/mol. The van der Waals surface area contributed by atoms with Crippen LogP contribution < -0.4 is 4.74 Å². The third-order valence-corrected chi connectivity index (χ3v) is 3.32. The Kier molecular flexibility index (Phi) is 3.32. The third-order valence-electron chi connectivity index (χ3n) is 3.32. The van der Waals surface area contributed by atoms with Crippen molar-refractivity contribution in [2.75, 3.05) is 0 Å². The van der Waals surface area contributed by atoms with E-state index in [1.165, 1.54) is 0 Å². The van der Waals surface area contributed by atoms with E-state index in [9.17, 15) is 9.90 Å². The minimum Gasteiger partial charge on any atom is -0.507 e. The second kappa shape index (κ2) is 5.29. The number of fused-ring (bicyclic) bond motifs is 1. The maximum absolute atomic E-state index is 12.2. The molecule has 3 aromatic rings. The van der Waals surface area contributed by atoms with Crippen molar-refractivity contribution >= 4 is 16.7 Å². The van der Waals surface area contributed by atoms with Gasteiger partial charge in [0.15, 0.2) is 0 Å². The van der Waals surface area contributed by atoms with Gasteiger partial charge in [0.25, 0.3) is 0 Å². The van der Waals surface area contributed by atoms with E-state index < -0.39 is 5.97 Å². The van der Waals surface area contributed by atoms with Crippen LogP contribution in [-0.2, 0) is 0 Å². The van der Waals surface area contributed by atoms with Gasteiger partial charge in [0, 0.05) is 0 Å². The number of rotatable bonds is 2. The molecule has 0 heterocycles. The second-order valence-electron chi connectivity index (χ2n) is 4.92. The summed E-state index contributed by atoms with van der Waals surface area (Å²) < 4.78 is 5.29. The van der Waals surface area contributed by atoms with Crippen LogP contribution in [0.2, 0.25) is 0 Å². The summed E-state index contributed by atoms with van der Waals surface area (Å²) in [4.78, 5) is 12.2. The Morgan fingerprint density at radius 2 is 1.57 bits per heavy atom. The Hall–Kier alpha value is -2.81. The number of carbonyl (C=O) groups excluding carboxylic acids is 1. The molecule has 0 radical (unpaired) electrons. The summed E-state index contributed by atoms with van der Waals surface area (Å²) in [5, 5.41) is 11.8. The lowest BCUT2D eigenvalue weighted by Gasteiger charge is -2.08. The Balaban J connectivity index is 1.93. The molecule has 104 valence electrons. The number of carbonyl (C=O) groups is 1. The van der Waals surface area contributed by atoms with Gasteiger partial charge in [-0.1, -0.05) is 42.0 Å². The molecular formula is C18H14O3. The summed E-state index contributed by atoms with van der Waals surface area (Å²) in [6.07, 6.45) is 0. The Morgan fingerprint density at radius 1 is 0.952 bits per heavy atom. The first-order valence-corrected chi connectivity index (χ1v) is 6.64. The maximum atomic E-state index is 12.2. The van der Waals surface area contributed by atoms with E-state index in [2.05, 4.69) is 0 Å². The maximum Gasteiger partial charge on any atom is 0.347 e. The van der Waals surface area contributed by atoms with Crippen LogP contribution in [0.1, 0.15) is 15.9 Å². The topological polar surface area (TPSA) is 46.5 Å². The fourth-order valence-electron chi connectivity index (χ4n) is 2.16. The quantitative estimate of drug-likeness (QED) is 0.567. The number of esters is 1. The largest absolute Gasteiger partial charge is 0.507 e. The smallest absolute Gasteiger partial charge is 0.347 e. The van der Waals surface area contributed by atoms with Crippen LogP contribution >= 0.6 is 0 Å². The van der Waals surface area contributed by atoms with Crippen molar-refractivity contribution in [3.05, 3.63) is 71.8 Å². The number of aryl methyl sites for hydroxylation is 1. The molecule has 0 aromatic heterocycles. The standard InChI is InChI=1S/C18H14O3/c1-12-6-8-15(9-7-12)21-18(20)16-10-13-4-2-3-5-14(13)11-17(16)19/h2-11,19H,1H3. The zero-order valence-corrected chi connectivity index (χ0v) is 11.5. The molecule has 1 N–H and O–H groups in total. The predicted octanol–water partition coefficient (Wildman–Crippen LogP) is 4.07. The molecule has 0 amide bonds. The molecular weight excluding hydrogens is 264 g/mol. The van der Waals surface area contributed by atoms with Crippen molar-refractivity contribution in [1.82, 2.24) is 0 Å². The first-order chi connectivity index (χ1) is 10.1. The molecule has 0 aliphatic heterocycles. The minimum atomic E-state index is -0.567. The third kappa shape index (κ3) is 2.72. The fraction of sp³-hybridized carbons (Fsp3) is 0.0556. The van der Waals surface area contributed by atoms with E-state index in [0.717, 1.165) is 16.3 Å². The second-order valence-corrected chi connectivity index (χ2v) is 4.92. The summed E-state index contributed by atoms with van der Waals surface area (Å²) in [6, 6.07) is 17.9. The van der Waals surface area contributed by atoms with Crippen LogP contribution in [0.15, 0.2) is 60.7 Å². The molecule has 0 fully saturated rings. The Morgan fingerprint density at radius 3 is 2.24 bits per heavy atom. The molecule has 3 aromatic carbocycles. The number of phenolic OH excluding ortho intramolecular Hbond substituents is 1. The highest BCUT2D eigenvalue weighted by Crippen LogP contribution is 2.26. The van der Waals surface area contributed by atoms with Gasteiger partial charge in [0.2, 0.25) is 0 Å². The van der Waals surface area contributed by atoms with Crippen molar-refractivity contribution in [3.63, 3.8) is 0 Å². The average molecular weight is 278 g/mol. The summed E-state index contributed by atoms with van der Waals surface area (Å²) in [5.74, 6) is -0.189. The van der Waals surface area contributed by atoms with Gasteiger partial charge in [0.05, 0.1) is 0 Å². The number of hydrogen-bond acceptors (Lipinski definition) is 3. The molecule has 0 atom stereocenters. The highest BCUT2D eigenvalue weighted by molar-refractivity contribution is 5.99. The van der Waals surface area contributed by atoms with Crippen LogP contribution in [0.3, 0.4) is 0 Å². The zero-order chi connectivity index (χ0) is 14.8. The molecule has 0 saturated carbocycles. The van der Waals surface area contributed by atoms with Gasteiger partial charge in [-0.15, -0.1) is 0 Å². The van der Waals surface area contributed by atoms with E-state index in [4.69, 9.17) is 4.74 Å². The molecule has 0 aliphatic rings. The van der Waals surface area contributed by atoms with Crippen molar-refractivity contribution < 1.29 is 14.6 Å². The average Bonchev–Trinajstić information content (AvgIpc) is 2.49. The Labute approximate surface area is 122 Å². The van der Waals surface area contributed by atoms with E-state index in [1.807, 2.05) is 43.3 Å². The molecule has 0 bridgehead atoms. The molecule has 0 aliphatic carbocycles. The van der Waals surface area contributed by atoms with Crippen molar-refractivity contribution in [1.29, 1.82) is 0 Å². The number of aromatic hydroxyl groups is 1. The molecule has 21 heavy (non-hydrogen) atoms. The van der Waals surface area contributed by atoms with Gasteiger partial charge < -0.3 is 9.84 Å². The first kappa shape index (κ1) is 13.2. The van der Waals surface area contributed by atoms with Crippen LogP contribution in [0.5, 0.6) is 11.5 Å². The highest BCUT2D eigenvalue weighted by atomic mass is 16.5. The lowest BCUT2D eigenvalue weighted by Crippen LogP contribution is -2.08. The van der Waals surface area contributed by atoms with Gasteiger partial charge in [0.1, 0.15) is 17.1 Å². The lowest BCUT2D eigenvalue weighted by atomic mass is 10.1. The van der Waals surface area contributed by atoms with Crippen molar-refractivity contribution in [2.45, 2.75) is 6.92 Å². The van der Waals surface area contributed by atoms with Gasteiger partial charge in [-0.25, -0.2) is 4.79 Å². The van der Waals surface area contributed by atoms with Crippen molar-refractivity contribution in [3.8, 4) is 11.5 Å². The molecule has 3 heteroatoms. The lowest BCUT2D eigenvalue weighted by molar-refractivity contribution is 0.0732. The SMILES string of the molecule is Cc1ccc(OC(=O)c2cc3ccccc3cc2O)cc1. The van der Waals surface area contributed by atoms with E-state index >= 15 is 0 Å². The van der Waals surface area contributed by atoms with Crippen LogP contribution in [-0.4, -0.2) is 11.1 Å². The normalized spacial score (nSPS) is 10.5. The first-order valence-electron chi connectivity index (χ1n) is 6.64. The molecule has 3 nitrogen and oxygen atoms in total. The van der Waals surface area contributed by atoms with Gasteiger partial charge in [-0.05, 0) is 42.0 Å². The summed E-state index contributed by atoms with van der Waals surface area (Å²) >= 11 is 0. The number of hydrogen-bond donors (Lipinski definition) is 1. The van der Waals surface area contributed by atoms with Crippen molar-refractivity contribution in [2.24, 2.45) is 0 Å². The molecule has 0 saturated heterocycles. The van der Waals surface area contributed by atoms with Gasteiger partial charge in [-0.2, -0.15) is 0 Å². The zero-order valence-electron chi connectivity index (χ0n) is 11.5. The van der Waals surface area contributed by atoms with E-state index in [0.29, 0.717) is 5.75 Å². The van der Waals surface area contributed by atoms with Crippen LogP contribution in [0.25, 0.3) is 10.8 Å². The monoisotopic (exact) mass is 278 g/mol. The fourth-order valence-corrected chi connectivity index (χ4v) is 2.16. The van der Waals surface area contributed by atoms with Gasteiger partial charge in [-0.3, -0.25) is 0 Å². The summed E-state index contributed by atoms with van der Waals surface area (Å²) in [6.45, 7) is 1.96. The Bertz CT molecular complexity index is 804. The number of ether oxygens (including phenoxy) is 1. The van der Waals surface area contributed by atoms with Gasteiger partial charge >= 0.3 is 5.97 Å². The molecule has 0 spiro atoms.